The van der Waals surface area contributed by atoms with Crippen molar-refractivity contribution in [3.8, 4) is 11.3 Å². The van der Waals surface area contributed by atoms with E-state index in [1.54, 1.807) is 0 Å². The van der Waals surface area contributed by atoms with E-state index >= 15 is 0 Å². The van der Waals surface area contributed by atoms with Crippen LogP contribution in [0.15, 0.2) is 49.1 Å². The fourth-order valence-electron chi connectivity index (χ4n) is 3.08. The summed E-state index contributed by atoms with van der Waals surface area (Å²) in [5, 5.41) is 4.30. The number of hydrogen-bond donors (Lipinski definition) is 0. The molecule has 1 aromatic carbocycles. The van der Waals surface area contributed by atoms with Crippen molar-refractivity contribution in [3.63, 3.8) is 0 Å². The quantitative estimate of drug-likeness (QED) is 0.734. The number of benzene rings is 1. The molecule has 0 radical (unpaired) electrons. The fraction of sp³-hybridized carbons (Fsp3) is 0.333. The lowest BCUT2D eigenvalue weighted by atomic mass is 10.1. The topological polar surface area (TPSA) is 35.6 Å². The Bertz CT molecular complexity index is 781. The van der Waals surface area contributed by atoms with Crippen LogP contribution in [0, 0.1) is 0 Å². The van der Waals surface area contributed by atoms with Gasteiger partial charge in [-0.15, -0.1) is 0 Å². The molecule has 0 aliphatic heterocycles. The van der Waals surface area contributed by atoms with Gasteiger partial charge in [0.15, 0.2) is 0 Å². The monoisotopic (exact) mass is 292 g/mol. The molecule has 22 heavy (non-hydrogen) atoms. The van der Waals surface area contributed by atoms with Gasteiger partial charge < -0.3 is 4.57 Å². The lowest BCUT2D eigenvalue weighted by Gasteiger charge is -2.16. The van der Waals surface area contributed by atoms with Crippen molar-refractivity contribution in [2.24, 2.45) is 7.05 Å². The van der Waals surface area contributed by atoms with Crippen LogP contribution in [-0.4, -0.2) is 19.3 Å². The molecule has 0 N–H and O–H groups in total. The van der Waals surface area contributed by atoms with E-state index < -0.39 is 0 Å². The Hall–Kier alpha value is -2.36. The summed E-state index contributed by atoms with van der Waals surface area (Å²) in [4.78, 5) is 4.74. The molecule has 0 amide bonds. The Morgan fingerprint density at radius 1 is 1.18 bits per heavy atom. The predicted octanol–water partition coefficient (Wildman–Crippen LogP) is 3.77. The second-order valence-electron chi connectivity index (χ2n) is 6.15. The van der Waals surface area contributed by atoms with Crippen molar-refractivity contribution in [2.75, 3.05) is 0 Å². The first-order valence-corrected chi connectivity index (χ1v) is 7.84. The summed E-state index contributed by atoms with van der Waals surface area (Å²) >= 11 is 0. The van der Waals surface area contributed by atoms with Crippen LogP contribution >= 0.6 is 0 Å². The zero-order chi connectivity index (χ0) is 15.1. The Kier molecular flexibility index (Phi) is 3.10. The van der Waals surface area contributed by atoms with Crippen LogP contribution in [-0.2, 0) is 7.05 Å². The van der Waals surface area contributed by atoms with E-state index in [0.717, 1.165) is 5.69 Å². The number of aromatic nitrogens is 4. The van der Waals surface area contributed by atoms with Gasteiger partial charge in [0, 0.05) is 36.0 Å². The van der Waals surface area contributed by atoms with Crippen LogP contribution in [0.3, 0.4) is 0 Å². The van der Waals surface area contributed by atoms with Crippen molar-refractivity contribution in [1.82, 2.24) is 19.3 Å². The Labute approximate surface area is 130 Å². The van der Waals surface area contributed by atoms with E-state index in [9.17, 15) is 0 Å². The minimum atomic E-state index is 0.259. The van der Waals surface area contributed by atoms with Crippen LogP contribution in [0.2, 0.25) is 0 Å². The molecule has 1 atom stereocenters. The zero-order valence-electron chi connectivity index (χ0n) is 13.0. The lowest BCUT2D eigenvalue weighted by molar-refractivity contribution is 0.609. The van der Waals surface area contributed by atoms with Gasteiger partial charge in [0.25, 0.3) is 0 Å². The maximum absolute atomic E-state index is 4.74. The zero-order valence-corrected chi connectivity index (χ0v) is 13.0. The SMILES string of the molecule is C[C@H](c1cnn(C)c1)n1cnc(-c2ccccc2)c1C1CC1. The highest BCUT2D eigenvalue weighted by Gasteiger charge is 2.32. The maximum atomic E-state index is 4.74. The van der Waals surface area contributed by atoms with Crippen molar-refractivity contribution >= 4 is 0 Å². The number of imidazole rings is 1. The molecule has 0 unspecified atom stereocenters. The highest BCUT2D eigenvalue weighted by molar-refractivity contribution is 5.63. The molecule has 0 saturated heterocycles. The minimum absolute atomic E-state index is 0.259. The summed E-state index contributed by atoms with van der Waals surface area (Å²) in [6.07, 6.45) is 8.57. The normalized spacial score (nSPS) is 15.9. The van der Waals surface area contributed by atoms with E-state index in [0.29, 0.717) is 5.92 Å². The largest absolute Gasteiger partial charge is 0.326 e. The summed E-state index contributed by atoms with van der Waals surface area (Å²) in [5.41, 5.74) is 4.95. The van der Waals surface area contributed by atoms with Gasteiger partial charge in [0.05, 0.1) is 24.3 Å². The lowest BCUT2D eigenvalue weighted by Crippen LogP contribution is -2.08. The number of hydrogen-bond acceptors (Lipinski definition) is 2. The Balaban J connectivity index is 1.79. The molecular weight excluding hydrogens is 272 g/mol. The average Bonchev–Trinajstić information content (AvgIpc) is 3.13. The maximum Gasteiger partial charge on any atom is 0.0961 e. The molecule has 1 fully saturated rings. The third kappa shape index (κ3) is 2.25. The molecular formula is C18H20N4. The third-order valence-electron chi connectivity index (χ3n) is 4.47. The summed E-state index contributed by atoms with van der Waals surface area (Å²) in [7, 11) is 1.96. The minimum Gasteiger partial charge on any atom is -0.326 e. The first kappa shape index (κ1) is 13.3. The molecule has 4 heteroatoms. The molecule has 3 aromatic rings. The standard InChI is InChI=1S/C18H20N4/c1-13(16-10-20-21(2)11-16)22-12-19-17(18(22)15-8-9-15)14-6-4-3-5-7-14/h3-7,10-13,15H,8-9H2,1-2H3/t13-/m1/s1. The van der Waals surface area contributed by atoms with Crippen molar-refractivity contribution in [2.45, 2.75) is 31.7 Å². The van der Waals surface area contributed by atoms with Crippen LogP contribution in [0.4, 0.5) is 0 Å². The van der Waals surface area contributed by atoms with Crippen LogP contribution in [0.25, 0.3) is 11.3 Å². The van der Waals surface area contributed by atoms with E-state index in [-0.39, 0.29) is 6.04 Å². The van der Waals surface area contributed by atoms with Crippen LogP contribution in [0.5, 0.6) is 0 Å². The average molecular weight is 292 g/mol. The molecule has 112 valence electrons. The summed E-state index contributed by atoms with van der Waals surface area (Å²) < 4.78 is 4.19. The first-order chi connectivity index (χ1) is 10.7. The highest BCUT2D eigenvalue weighted by Crippen LogP contribution is 2.45. The van der Waals surface area contributed by atoms with Gasteiger partial charge in [0.1, 0.15) is 0 Å². The second kappa shape index (κ2) is 5.13. The number of rotatable bonds is 4. The van der Waals surface area contributed by atoms with Gasteiger partial charge >= 0.3 is 0 Å². The van der Waals surface area contributed by atoms with E-state index in [4.69, 9.17) is 4.98 Å². The fourth-order valence-corrected chi connectivity index (χ4v) is 3.08. The van der Waals surface area contributed by atoms with E-state index in [2.05, 4.69) is 53.1 Å². The van der Waals surface area contributed by atoms with Crippen LogP contribution in [0.1, 0.15) is 43.0 Å². The van der Waals surface area contributed by atoms with Gasteiger partial charge in [-0.05, 0) is 19.8 Å². The Morgan fingerprint density at radius 2 is 1.95 bits per heavy atom. The number of nitrogens with zero attached hydrogens (tertiary/aromatic N) is 4. The molecule has 2 heterocycles. The van der Waals surface area contributed by atoms with Gasteiger partial charge in [-0.1, -0.05) is 30.3 Å². The van der Waals surface area contributed by atoms with Gasteiger partial charge in [-0.2, -0.15) is 5.10 Å². The van der Waals surface area contributed by atoms with E-state index in [1.807, 2.05) is 24.3 Å². The van der Waals surface area contributed by atoms with Crippen molar-refractivity contribution in [1.29, 1.82) is 0 Å². The van der Waals surface area contributed by atoms with Gasteiger partial charge in [-0.3, -0.25) is 4.68 Å². The molecule has 2 aromatic heterocycles. The summed E-state index contributed by atoms with van der Waals surface area (Å²) in [5.74, 6) is 0.650. The molecule has 0 bridgehead atoms. The van der Waals surface area contributed by atoms with Gasteiger partial charge in [0.2, 0.25) is 0 Å². The summed E-state index contributed by atoms with van der Waals surface area (Å²) in [6, 6.07) is 10.8. The third-order valence-corrected chi connectivity index (χ3v) is 4.47. The van der Waals surface area contributed by atoms with Crippen molar-refractivity contribution in [3.05, 3.63) is 60.3 Å². The predicted molar refractivity (Wildman–Crippen MR) is 86.7 cm³/mol. The molecule has 4 nitrogen and oxygen atoms in total. The highest BCUT2D eigenvalue weighted by atomic mass is 15.2. The molecule has 1 aliphatic carbocycles. The smallest absolute Gasteiger partial charge is 0.0961 e. The molecule has 4 rings (SSSR count). The second-order valence-corrected chi connectivity index (χ2v) is 6.15. The van der Waals surface area contributed by atoms with E-state index in [1.165, 1.54) is 29.7 Å². The molecule has 1 aliphatic rings. The van der Waals surface area contributed by atoms with Crippen molar-refractivity contribution < 1.29 is 0 Å². The molecule has 0 spiro atoms. The Morgan fingerprint density at radius 3 is 2.59 bits per heavy atom. The first-order valence-electron chi connectivity index (χ1n) is 7.84. The molecule has 1 saturated carbocycles. The van der Waals surface area contributed by atoms with Gasteiger partial charge in [-0.25, -0.2) is 4.98 Å². The summed E-state index contributed by atoms with van der Waals surface area (Å²) in [6.45, 7) is 2.22. The number of aryl methyl sites for hydroxylation is 1. The van der Waals surface area contributed by atoms with Crippen LogP contribution < -0.4 is 0 Å².